The van der Waals surface area contributed by atoms with Crippen molar-refractivity contribution in [1.82, 2.24) is 0 Å². The molecule has 0 spiro atoms. The molecular formula is C19H21NO5. The molecule has 2 atom stereocenters. The van der Waals surface area contributed by atoms with Gasteiger partial charge in [-0.1, -0.05) is 48.5 Å². The van der Waals surface area contributed by atoms with Crippen molar-refractivity contribution in [3.05, 3.63) is 65.7 Å². The number of benzene rings is 2. The summed E-state index contributed by atoms with van der Waals surface area (Å²) in [6.07, 6.45) is -1.27. The van der Waals surface area contributed by atoms with E-state index in [0.29, 0.717) is 5.75 Å². The molecule has 0 amide bonds. The normalized spacial score (nSPS) is 12.8. The zero-order chi connectivity index (χ0) is 18.2. The maximum atomic E-state index is 11.5. The van der Waals surface area contributed by atoms with Crippen LogP contribution in [-0.2, 0) is 19.1 Å². The van der Waals surface area contributed by atoms with Gasteiger partial charge in [0, 0.05) is 6.42 Å². The molecule has 0 aliphatic carbocycles. The van der Waals surface area contributed by atoms with E-state index >= 15 is 0 Å². The molecule has 0 heterocycles. The van der Waals surface area contributed by atoms with Gasteiger partial charge in [-0.3, -0.25) is 5.73 Å². The van der Waals surface area contributed by atoms with Crippen LogP contribution in [0.1, 0.15) is 23.7 Å². The molecule has 0 aromatic heterocycles. The van der Waals surface area contributed by atoms with Crippen LogP contribution in [0.2, 0.25) is 0 Å². The minimum atomic E-state index is -1.13. The lowest BCUT2D eigenvalue weighted by molar-refractivity contribution is -0.169. The smallest absolute Gasteiger partial charge is 0.419 e. The highest BCUT2D eigenvalue weighted by Crippen LogP contribution is 2.28. The number of hydrogen-bond donors (Lipinski definition) is 1. The Kier molecular flexibility index (Phi) is 6.54. The molecule has 132 valence electrons. The number of aryl methyl sites for hydroxylation is 1. The molecule has 0 fully saturated rings. The number of hydrogen-bond acceptors (Lipinski definition) is 6. The largest absolute Gasteiger partial charge is 0.485 e. The van der Waals surface area contributed by atoms with Crippen molar-refractivity contribution >= 4 is 11.9 Å². The maximum absolute atomic E-state index is 11.5. The van der Waals surface area contributed by atoms with Gasteiger partial charge in [0.05, 0.1) is 7.11 Å². The number of rotatable bonds is 6. The van der Waals surface area contributed by atoms with Crippen LogP contribution in [0.25, 0.3) is 0 Å². The molecule has 0 bridgehead atoms. The molecule has 0 aliphatic heterocycles. The van der Waals surface area contributed by atoms with Crippen LogP contribution in [-0.4, -0.2) is 25.3 Å². The van der Waals surface area contributed by atoms with E-state index in [2.05, 4.69) is 4.74 Å². The summed E-state index contributed by atoms with van der Waals surface area (Å²) in [4.78, 5) is 22.7. The van der Waals surface area contributed by atoms with Gasteiger partial charge < -0.3 is 14.2 Å². The van der Waals surface area contributed by atoms with E-state index in [1.165, 1.54) is 0 Å². The van der Waals surface area contributed by atoms with Crippen molar-refractivity contribution < 1.29 is 23.8 Å². The highest BCUT2D eigenvalue weighted by atomic mass is 16.6. The predicted molar refractivity (Wildman–Crippen MR) is 91.7 cm³/mol. The first kappa shape index (κ1) is 18.5. The summed E-state index contributed by atoms with van der Waals surface area (Å²) < 4.78 is 15.3. The van der Waals surface area contributed by atoms with Crippen molar-refractivity contribution in [1.29, 1.82) is 0 Å². The Hall–Kier alpha value is -2.86. The number of para-hydroxylation sites is 1. The lowest BCUT2D eigenvalue weighted by Crippen LogP contribution is -2.33. The van der Waals surface area contributed by atoms with Gasteiger partial charge in [-0.05, 0) is 24.1 Å². The van der Waals surface area contributed by atoms with Gasteiger partial charge in [-0.25, -0.2) is 9.59 Å². The molecule has 2 N–H and O–H groups in total. The maximum Gasteiger partial charge on any atom is 0.419 e. The van der Waals surface area contributed by atoms with Crippen LogP contribution < -0.4 is 10.5 Å². The first-order chi connectivity index (χ1) is 12.0. The number of carbonyl (C=O) groups excluding carboxylic acids is 2. The zero-order valence-corrected chi connectivity index (χ0v) is 14.2. The molecule has 0 radical (unpaired) electrons. The molecule has 2 aromatic carbocycles. The van der Waals surface area contributed by atoms with Crippen LogP contribution in [0.3, 0.4) is 0 Å². The van der Waals surface area contributed by atoms with Gasteiger partial charge in [0.15, 0.2) is 6.23 Å². The van der Waals surface area contributed by atoms with Gasteiger partial charge in [-0.15, -0.1) is 0 Å². The Balaban J connectivity index is 2.14. The number of nitrogens with two attached hydrogens (primary N) is 1. The van der Waals surface area contributed by atoms with E-state index < -0.39 is 24.3 Å². The summed E-state index contributed by atoms with van der Waals surface area (Å²) in [6.45, 7) is 1.94. The third kappa shape index (κ3) is 5.32. The third-order valence-electron chi connectivity index (χ3n) is 3.59. The first-order valence-electron chi connectivity index (χ1n) is 7.83. The molecular weight excluding hydrogens is 322 g/mol. The molecule has 6 nitrogen and oxygen atoms in total. The number of methoxy groups -OCH3 is 1. The molecule has 6 heteroatoms. The average molecular weight is 343 g/mol. The second kappa shape index (κ2) is 8.84. The Morgan fingerprint density at radius 3 is 2.28 bits per heavy atom. The topological polar surface area (TPSA) is 87.9 Å². The second-order valence-electron chi connectivity index (χ2n) is 5.45. The fraction of sp³-hybridized carbons (Fsp3) is 0.263. The van der Waals surface area contributed by atoms with E-state index in [1.807, 2.05) is 61.5 Å². The minimum Gasteiger partial charge on any atom is -0.485 e. The summed E-state index contributed by atoms with van der Waals surface area (Å²) in [7, 11) is 1.10. The molecule has 2 unspecified atom stereocenters. The second-order valence-corrected chi connectivity index (χ2v) is 5.45. The van der Waals surface area contributed by atoms with Crippen molar-refractivity contribution in [2.75, 3.05) is 7.11 Å². The number of esters is 2. The Bertz CT molecular complexity index is 717. The SMILES string of the molecule is COC(=O)C(=O)OC(N)CC(Oc1ccccc1C)c1ccccc1. The summed E-state index contributed by atoms with van der Waals surface area (Å²) in [6, 6.07) is 17.1. The molecule has 0 aliphatic rings. The summed E-state index contributed by atoms with van der Waals surface area (Å²) in [5.74, 6) is -1.51. The van der Waals surface area contributed by atoms with Crippen LogP contribution in [0.15, 0.2) is 54.6 Å². The molecule has 25 heavy (non-hydrogen) atoms. The van der Waals surface area contributed by atoms with Crippen LogP contribution in [0.4, 0.5) is 0 Å². The quantitative estimate of drug-likeness (QED) is 0.492. The Morgan fingerprint density at radius 1 is 1.00 bits per heavy atom. The standard InChI is InChI=1S/C19H21NO5/c1-13-8-6-7-11-15(13)24-16(14-9-4-3-5-10-14)12-17(20)25-19(22)18(21)23-2/h3-11,16-17H,12,20H2,1-2H3. The monoisotopic (exact) mass is 343 g/mol. The van der Waals surface area contributed by atoms with Crippen molar-refractivity contribution in [3.8, 4) is 5.75 Å². The average Bonchev–Trinajstić information content (AvgIpc) is 2.62. The summed E-state index contributed by atoms with van der Waals surface area (Å²) in [5.41, 5.74) is 7.73. The molecule has 2 aromatic rings. The van der Waals surface area contributed by atoms with Crippen molar-refractivity contribution in [3.63, 3.8) is 0 Å². The van der Waals surface area contributed by atoms with Gasteiger partial charge >= 0.3 is 11.9 Å². The minimum absolute atomic E-state index is 0.182. The van der Waals surface area contributed by atoms with E-state index in [-0.39, 0.29) is 6.42 Å². The highest BCUT2D eigenvalue weighted by Gasteiger charge is 2.24. The van der Waals surface area contributed by atoms with E-state index in [9.17, 15) is 9.59 Å². The van der Waals surface area contributed by atoms with Crippen molar-refractivity contribution in [2.45, 2.75) is 25.7 Å². The summed E-state index contributed by atoms with van der Waals surface area (Å²) >= 11 is 0. The van der Waals surface area contributed by atoms with Crippen LogP contribution in [0, 0.1) is 6.92 Å². The fourth-order valence-corrected chi connectivity index (χ4v) is 2.29. The van der Waals surface area contributed by atoms with Crippen LogP contribution in [0.5, 0.6) is 5.75 Å². The van der Waals surface area contributed by atoms with Crippen LogP contribution >= 0.6 is 0 Å². The Labute approximate surface area is 146 Å². The number of ether oxygens (including phenoxy) is 3. The lowest BCUT2D eigenvalue weighted by atomic mass is 10.1. The highest BCUT2D eigenvalue weighted by molar-refractivity contribution is 6.29. The van der Waals surface area contributed by atoms with Crippen molar-refractivity contribution in [2.24, 2.45) is 5.73 Å². The Morgan fingerprint density at radius 2 is 1.64 bits per heavy atom. The van der Waals surface area contributed by atoms with E-state index in [4.69, 9.17) is 15.2 Å². The lowest BCUT2D eigenvalue weighted by Gasteiger charge is -2.23. The van der Waals surface area contributed by atoms with E-state index in [0.717, 1.165) is 18.2 Å². The fourth-order valence-electron chi connectivity index (χ4n) is 2.29. The van der Waals surface area contributed by atoms with Gasteiger partial charge in [0.2, 0.25) is 0 Å². The number of carbonyl (C=O) groups is 2. The van der Waals surface area contributed by atoms with Gasteiger partial charge in [-0.2, -0.15) is 0 Å². The van der Waals surface area contributed by atoms with Gasteiger partial charge in [0.25, 0.3) is 0 Å². The molecule has 0 saturated carbocycles. The third-order valence-corrected chi connectivity index (χ3v) is 3.59. The molecule has 0 saturated heterocycles. The molecule has 2 rings (SSSR count). The van der Waals surface area contributed by atoms with E-state index in [1.54, 1.807) is 0 Å². The first-order valence-corrected chi connectivity index (χ1v) is 7.83. The predicted octanol–water partition coefficient (Wildman–Crippen LogP) is 2.51. The van der Waals surface area contributed by atoms with Gasteiger partial charge in [0.1, 0.15) is 11.9 Å². The zero-order valence-electron chi connectivity index (χ0n) is 14.2. The summed E-state index contributed by atoms with van der Waals surface area (Å²) in [5, 5.41) is 0.